The lowest BCUT2D eigenvalue weighted by atomic mass is 9.99. The zero-order valence-electron chi connectivity index (χ0n) is 21.1. The van der Waals surface area contributed by atoms with Gasteiger partial charge in [0.2, 0.25) is 0 Å². The van der Waals surface area contributed by atoms with E-state index in [1.165, 1.54) is 59.9 Å². The first kappa shape index (κ1) is 26.7. The number of ketones is 1. The molecule has 2 aromatic carbocycles. The molecule has 2 atom stereocenters. The van der Waals surface area contributed by atoms with Crippen LogP contribution >= 0.6 is 0 Å². The number of aromatic hydroxyl groups is 1. The van der Waals surface area contributed by atoms with E-state index in [0.717, 1.165) is 13.0 Å². The molecule has 1 aliphatic heterocycles. The average Bonchev–Trinajstić information content (AvgIpc) is 3.13. The Morgan fingerprint density at radius 3 is 2.39 bits per heavy atom. The minimum Gasteiger partial charge on any atom is -0.507 e. The number of anilines is 1. The van der Waals surface area contributed by atoms with Gasteiger partial charge in [0.15, 0.2) is 11.6 Å². The van der Waals surface area contributed by atoms with Crippen LogP contribution in [0.15, 0.2) is 55.0 Å². The third-order valence-corrected chi connectivity index (χ3v) is 6.38. The van der Waals surface area contributed by atoms with E-state index in [1.807, 2.05) is 0 Å². The van der Waals surface area contributed by atoms with Gasteiger partial charge in [-0.05, 0) is 49.7 Å². The Bertz CT molecular complexity index is 1320. The molecular formula is C27H29FN6O4. The highest BCUT2D eigenvalue weighted by molar-refractivity contribution is 6.11. The second kappa shape index (κ2) is 11.8. The second-order valence-electron chi connectivity index (χ2n) is 9.19. The number of rotatable bonds is 7. The number of benzene rings is 2. The standard InChI is InChI=1S/C27H29FN6O4/c1-34(2)21-9-10-22(35)23(24(21)28)25(36)16-5-7-17(8-6-16)26(37)32-18-4-3-12-29-14-20(18)33-27(38)19-11-13-30-15-31-19/h5-11,13,15,18,20,29,35H,3-4,12,14H2,1-2H3,(H,32,37)(H,33,38)/t18-,20-/m1/s1. The summed E-state index contributed by atoms with van der Waals surface area (Å²) in [4.78, 5) is 48.0. The van der Waals surface area contributed by atoms with Gasteiger partial charge in [-0.25, -0.2) is 14.4 Å². The maximum absolute atomic E-state index is 14.9. The molecule has 198 valence electrons. The van der Waals surface area contributed by atoms with Crippen molar-refractivity contribution >= 4 is 23.3 Å². The minimum absolute atomic E-state index is 0.125. The molecular weight excluding hydrogens is 491 g/mol. The molecule has 0 radical (unpaired) electrons. The van der Waals surface area contributed by atoms with Crippen molar-refractivity contribution in [1.82, 2.24) is 25.9 Å². The summed E-state index contributed by atoms with van der Waals surface area (Å²) in [6.45, 7) is 1.22. The van der Waals surface area contributed by atoms with Crippen molar-refractivity contribution in [2.75, 3.05) is 32.1 Å². The zero-order chi connectivity index (χ0) is 27.2. The summed E-state index contributed by atoms with van der Waals surface area (Å²) >= 11 is 0. The minimum atomic E-state index is -0.821. The highest BCUT2D eigenvalue weighted by Gasteiger charge is 2.28. The molecule has 11 heteroatoms. The number of aromatic nitrogens is 2. The third kappa shape index (κ3) is 5.94. The number of halogens is 1. The van der Waals surface area contributed by atoms with Crippen molar-refractivity contribution in [3.8, 4) is 5.75 Å². The highest BCUT2D eigenvalue weighted by Crippen LogP contribution is 2.30. The molecule has 3 aromatic rings. The van der Waals surface area contributed by atoms with Gasteiger partial charge in [0.05, 0.1) is 17.8 Å². The van der Waals surface area contributed by atoms with Crippen LogP contribution in [0.5, 0.6) is 5.75 Å². The van der Waals surface area contributed by atoms with Crippen LogP contribution in [-0.4, -0.2) is 71.9 Å². The van der Waals surface area contributed by atoms with Crippen LogP contribution in [0.25, 0.3) is 0 Å². The van der Waals surface area contributed by atoms with Crippen LogP contribution in [0.1, 0.15) is 49.6 Å². The first-order valence-electron chi connectivity index (χ1n) is 12.2. The lowest BCUT2D eigenvalue weighted by molar-refractivity contribution is 0.0880. The molecule has 0 aliphatic carbocycles. The van der Waals surface area contributed by atoms with E-state index in [0.29, 0.717) is 18.5 Å². The van der Waals surface area contributed by atoms with Crippen LogP contribution in [-0.2, 0) is 0 Å². The summed E-state index contributed by atoms with van der Waals surface area (Å²) in [5.41, 5.74) is 0.392. The first-order valence-corrected chi connectivity index (χ1v) is 12.2. The first-order chi connectivity index (χ1) is 18.3. The van der Waals surface area contributed by atoms with E-state index in [1.54, 1.807) is 14.1 Å². The number of carbonyl (C=O) groups is 3. The summed E-state index contributed by atoms with van der Waals surface area (Å²) in [7, 11) is 3.26. The maximum Gasteiger partial charge on any atom is 0.270 e. The van der Waals surface area contributed by atoms with Gasteiger partial charge in [0, 0.05) is 38.0 Å². The monoisotopic (exact) mass is 520 g/mol. The molecule has 0 spiro atoms. The van der Waals surface area contributed by atoms with Gasteiger partial charge in [0.1, 0.15) is 23.3 Å². The smallest absolute Gasteiger partial charge is 0.270 e. The SMILES string of the molecule is CN(C)c1ccc(O)c(C(=O)c2ccc(C(=O)N[C@@H]3CCCNC[C@H]3NC(=O)c3ccncn3)cc2)c1F. The Morgan fingerprint density at radius 2 is 1.71 bits per heavy atom. The maximum atomic E-state index is 14.9. The van der Waals surface area contributed by atoms with Crippen molar-refractivity contribution in [2.24, 2.45) is 0 Å². The molecule has 0 unspecified atom stereocenters. The molecule has 2 amide bonds. The summed E-state index contributed by atoms with van der Waals surface area (Å²) in [5, 5.41) is 19.3. The lowest BCUT2D eigenvalue weighted by Gasteiger charge is -2.27. The molecule has 1 aromatic heterocycles. The molecule has 1 saturated heterocycles. The molecule has 1 fully saturated rings. The van der Waals surface area contributed by atoms with Crippen LogP contribution in [0.4, 0.5) is 10.1 Å². The van der Waals surface area contributed by atoms with Gasteiger partial charge in [0.25, 0.3) is 11.8 Å². The second-order valence-corrected chi connectivity index (χ2v) is 9.19. The molecule has 0 saturated carbocycles. The fourth-order valence-corrected chi connectivity index (χ4v) is 4.32. The van der Waals surface area contributed by atoms with Gasteiger partial charge in [-0.3, -0.25) is 14.4 Å². The van der Waals surface area contributed by atoms with E-state index in [9.17, 15) is 23.9 Å². The number of phenols is 1. The Kier molecular flexibility index (Phi) is 8.27. The van der Waals surface area contributed by atoms with Crippen LogP contribution in [0, 0.1) is 5.82 Å². The zero-order valence-corrected chi connectivity index (χ0v) is 21.1. The number of nitrogens with one attached hydrogen (secondary N) is 3. The Hall–Kier alpha value is -4.38. The number of hydrogen-bond donors (Lipinski definition) is 4. The largest absolute Gasteiger partial charge is 0.507 e. The molecule has 4 rings (SSSR count). The molecule has 10 nitrogen and oxygen atoms in total. The number of phenolic OH excluding ortho intramolecular Hbond substituents is 1. The van der Waals surface area contributed by atoms with E-state index in [-0.39, 0.29) is 40.8 Å². The number of hydrogen-bond acceptors (Lipinski definition) is 8. The van der Waals surface area contributed by atoms with Gasteiger partial charge in [-0.1, -0.05) is 12.1 Å². The molecule has 0 bridgehead atoms. The van der Waals surface area contributed by atoms with Crippen molar-refractivity contribution < 1.29 is 23.9 Å². The third-order valence-electron chi connectivity index (χ3n) is 6.38. The molecule has 38 heavy (non-hydrogen) atoms. The van der Waals surface area contributed by atoms with Crippen LogP contribution in [0.2, 0.25) is 0 Å². The summed E-state index contributed by atoms with van der Waals surface area (Å²) in [6, 6.07) is 9.23. The van der Waals surface area contributed by atoms with Gasteiger partial charge in [-0.2, -0.15) is 0 Å². The molecule has 2 heterocycles. The summed E-state index contributed by atoms with van der Waals surface area (Å²) in [5.74, 6) is -2.72. The molecule has 4 N–H and O–H groups in total. The number of nitrogens with zero attached hydrogens (tertiary/aromatic N) is 3. The van der Waals surface area contributed by atoms with E-state index in [2.05, 4.69) is 25.9 Å². The number of amides is 2. The molecule has 1 aliphatic rings. The van der Waals surface area contributed by atoms with E-state index >= 15 is 0 Å². The summed E-state index contributed by atoms with van der Waals surface area (Å²) < 4.78 is 14.9. The summed E-state index contributed by atoms with van der Waals surface area (Å²) in [6.07, 6.45) is 4.22. The normalized spacial score (nSPS) is 17.2. The Morgan fingerprint density at radius 1 is 1.00 bits per heavy atom. The van der Waals surface area contributed by atoms with E-state index < -0.39 is 22.9 Å². The van der Waals surface area contributed by atoms with Crippen LogP contribution in [0.3, 0.4) is 0 Å². The predicted octanol–water partition coefficient (Wildman–Crippen LogP) is 1.90. The topological polar surface area (TPSA) is 137 Å². The Labute approximate surface area is 219 Å². The van der Waals surface area contributed by atoms with Crippen molar-refractivity contribution in [2.45, 2.75) is 24.9 Å². The van der Waals surface area contributed by atoms with Gasteiger partial charge in [-0.15, -0.1) is 0 Å². The van der Waals surface area contributed by atoms with Gasteiger partial charge < -0.3 is 26.0 Å². The Balaban J connectivity index is 1.47. The van der Waals surface area contributed by atoms with Gasteiger partial charge >= 0.3 is 0 Å². The van der Waals surface area contributed by atoms with Crippen molar-refractivity contribution in [3.63, 3.8) is 0 Å². The van der Waals surface area contributed by atoms with E-state index in [4.69, 9.17) is 0 Å². The van der Waals surface area contributed by atoms with Crippen molar-refractivity contribution in [1.29, 1.82) is 0 Å². The highest BCUT2D eigenvalue weighted by atomic mass is 19.1. The average molecular weight is 521 g/mol. The number of carbonyl (C=O) groups excluding carboxylic acids is 3. The van der Waals surface area contributed by atoms with Crippen LogP contribution < -0.4 is 20.9 Å². The van der Waals surface area contributed by atoms with Crippen molar-refractivity contribution in [3.05, 3.63) is 83.2 Å². The quantitative estimate of drug-likeness (QED) is 0.347. The fraction of sp³-hybridized carbons (Fsp3) is 0.296. The fourth-order valence-electron chi connectivity index (χ4n) is 4.32. The lowest BCUT2D eigenvalue weighted by Crippen LogP contribution is -2.54. The predicted molar refractivity (Wildman–Crippen MR) is 139 cm³/mol.